The van der Waals surface area contributed by atoms with Gasteiger partial charge in [-0.1, -0.05) is 0 Å². The van der Waals surface area contributed by atoms with Crippen molar-refractivity contribution in [1.82, 2.24) is 9.97 Å². The number of nitrogens with one attached hydrogen (secondary N) is 1. The maximum Gasteiger partial charge on any atom is 0.138 e. The van der Waals surface area contributed by atoms with Gasteiger partial charge >= 0.3 is 0 Å². The number of hydrogen-bond acceptors (Lipinski definition) is 2. The highest BCUT2D eigenvalue weighted by Gasteiger charge is 2.11. The van der Waals surface area contributed by atoms with E-state index < -0.39 is 0 Å². The van der Waals surface area contributed by atoms with E-state index in [9.17, 15) is 0 Å². The van der Waals surface area contributed by atoms with Gasteiger partial charge in [0.05, 0.1) is 5.03 Å². The van der Waals surface area contributed by atoms with Crippen LogP contribution < -0.4 is 0 Å². The van der Waals surface area contributed by atoms with Crippen molar-refractivity contribution in [2.75, 3.05) is 0 Å². The Labute approximate surface area is 107 Å². The summed E-state index contributed by atoms with van der Waals surface area (Å²) >= 11 is 5.78. The highest BCUT2D eigenvalue weighted by molar-refractivity contribution is 14.2. The van der Waals surface area contributed by atoms with Gasteiger partial charge in [-0.15, -0.1) is 0 Å². The third-order valence-electron chi connectivity index (χ3n) is 2.30. The fraction of sp³-hybridized carbons (Fsp3) is 0.222. The van der Waals surface area contributed by atoms with Gasteiger partial charge in [-0.25, -0.2) is 4.98 Å². The summed E-state index contributed by atoms with van der Waals surface area (Å²) in [4.78, 5) is 7.66. The van der Waals surface area contributed by atoms with E-state index in [4.69, 9.17) is 0 Å². The fourth-order valence-corrected chi connectivity index (χ4v) is 3.50. The molecule has 5 heteroatoms. The van der Waals surface area contributed by atoms with Crippen molar-refractivity contribution in [3.05, 3.63) is 21.8 Å². The summed E-state index contributed by atoms with van der Waals surface area (Å²) in [6.45, 7) is 4.23. The number of hydrogen-bond donors (Lipinski definition) is 1. The van der Waals surface area contributed by atoms with Crippen molar-refractivity contribution in [2.45, 2.75) is 18.9 Å². The van der Waals surface area contributed by atoms with Gasteiger partial charge < -0.3 is 4.98 Å². The second-order valence-corrected chi connectivity index (χ2v) is 5.85. The molecule has 0 saturated carbocycles. The minimum Gasteiger partial charge on any atom is -0.334 e. The summed E-state index contributed by atoms with van der Waals surface area (Å²) in [5.74, 6) is 0. The lowest BCUT2D eigenvalue weighted by Gasteiger charge is -1.99. The van der Waals surface area contributed by atoms with Crippen molar-refractivity contribution in [2.24, 2.45) is 0 Å². The maximum absolute atomic E-state index is 4.35. The van der Waals surface area contributed by atoms with Crippen LogP contribution in [0.5, 0.6) is 0 Å². The standard InChI is InChI=1S/C9H8BrIN2S/c1-4-6(10)3-12-8-7(4)5(2)9(13-8)14-11/h3H,1-2H3,(H,12,13). The van der Waals surface area contributed by atoms with E-state index in [2.05, 4.69) is 61.0 Å². The lowest BCUT2D eigenvalue weighted by molar-refractivity contribution is 1.17. The van der Waals surface area contributed by atoms with Gasteiger partial charge in [0, 0.05) is 37.3 Å². The van der Waals surface area contributed by atoms with Crippen LogP contribution in [0, 0.1) is 13.8 Å². The lowest BCUT2D eigenvalue weighted by atomic mass is 10.1. The van der Waals surface area contributed by atoms with Gasteiger partial charge in [0.1, 0.15) is 5.65 Å². The first-order valence-corrected chi connectivity index (χ1v) is 8.22. The molecular weight excluding hydrogens is 375 g/mol. The fourth-order valence-electron chi connectivity index (χ4n) is 1.53. The molecule has 0 aromatic carbocycles. The molecule has 74 valence electrons. The number of fused-ring (bicyclic) bond motifs is 1. The van der Waals surface area contributed by atoms with Crippen LogP contribution in [-0.4, -0.2) is 9.97 Å². The number of pyridine rings is 1. The Morgan fingerprint density at radius 1 is 1.43 bits per heavy atom. The largest absolute Gasteiger partial charge is 0.334 e. The lowest BCUT2D eigenvalue weighted by Crippen LogP contribution is -1.82. The van der Waals surface area contributed by atoms with Crippen LogP contribution in [0.2, 0.25) is 0 Å². The van der Waals surface area contributed by atoms with E-state index in [0.717, 1.165) is 10.1 Å². The summed E-state index contributed by atoms with van der Waals surface area (Å²) in [6.07, 6.45) is 1.84. The van der Waals surface area contributed by atoms with Crippen LogP contribution in [0.15, 0.2) is 15.7 Å². The summed E-state index contributed by atoms with van der Waals surface area (Å²) in [7, 11) is 1.69. The Morgan fingerprint density at radius 3 is 2.79 bits per heavy atom. The van der Waals surface area contributed by atoms with E-state index in [0.29, 0.717) is 0 Å². The molecule has 14 heavy (non-hydrogen) atoms. The normalized spacial score (nSPS) is 11.1. The second-order valence-electron chi connectivity index (χ2n) is 3.11. The Bertz CT molecular complexity index is 495. The molecule has 2 nitrogen and oxygen atoms in total. The molecule has 0 bridgehead atoms. The summed E-state index contributed by atoms with van der Waals surface area (Å²) < 4.78 is 1.07. The molecule has 0 aliphatic heterocycles. The quantitative estimate of drug-likeness (QED) is 0.741. The molecule has 0 unspecified atom stereocenters. The number of aromatic nitrogens is 2. The molecule has 2 aromatic heterocycles. The molecule has 0 aliphatic carbocycles. The van der Waals surface area contributed by atoms with Crippen molar-refractivity contribution < 1.29 is 0 Å². The maximum atomic E-state index is 4.35. The first-order chi connectivity index (χ1) is 6.65. The second kappa shape index (κ2) is 4.02. The Balaban J connectivity index is 2.87. The van der Waals surface area contributed by atoms with Crippen LogP contribution in [0.3, 0.4) is 0 Å². The minimum atomic E-state index is 0.974. The van der Waals surface area contributed by atoms with Crippen molar-refractivity contribution in [3.8, 4) is 0 Å². The predicted molar refractivity (Wildman–Crippen MR) is 73.1 cm³/mol. The summed E-state index contributed by atoms with van der Waals surface area (Å²) in [6, 6.07) is 0. The van der Waals surface area contributed by atoms with Crippen LogP contribution in [0.1, 0.15) is 11.1 Å². The molecule has 0 spiro atoms. The molecule has 2 heterocycles. The average molecular weight is 383 g/mol. The van der Waals surface area contributed by atoms with Crippen molar-refractivity contribution in [3.63, 3.8) is 0 Å². The molecule has 1 N–H and O–H groups in total. The molecule has 0 fully saturated rings. The highest BCUT2D eigenvalue weighted by Crippen LogP contribution is 2.35. The number of H-pyrrole nitrogens is 1. The number of rotatable bonds is 1. The molecule has 0 radical (unpaired) electrons. The first kappa shape index (κ1) is 10.8. The topological polar surface area (TPSA) is 28.7 Å². The van der Waals surface area contributed by atoms with Crippen molar-refractivity contribution in [1.29, 1.82) is 0 Å². The minimum absolute atomic E-state index is 0.974. The molecule has 2 rings (SSSR count). The summed E-state index contributed by atoms with van der Waals surface area (Å²) in [5, 5.41) is 2.42. The molecule has 2 aromatic rings. The number of aromatic amines is 1. The highest BCUT2D eigenvalue weighted by atomic mass is 127. The first-order valence-electron chi connectivity index (χ1n) is 4.07. The molecule has 0 amide bonds. The van der Waals surface area contributed by atoms with E-state index in [1.807, 2.05) is 6.20 Å². The monoisotopic (exact) mass is 382 g/mol. The van der Waals surface area contributed by atoms with Crippen LogP contribution in [0.25, 0.3) is 11.0 Å². The molecular formula is C9H8BrIN2S. The Hall–Kier alpha value is 0.250. The molecule has 0 aliphatic rings. The van der Waals surface area contributed by atoms with Gasteiger partial charge in [0.2, 0.25) is 0 Å². The van der Waals surface area contributed by atoms with Gasteiger partial charge in [-0.3, -0.25) is 0 Å². The smallest absolute Gasteiger partial charge is 0.138 e. The van der Waals surface area contributed by atoms with Crippen LogP contribution in [-0.2, 0) is 0 Å². The van der Waals surface area contributed by atoms with Gasteiger partial charge in [-0.2, -0.15) is 0 Å². The predicted octanol–water partition coefficient (Wildman–Crippen LogP) is 4.38. The van der Waals surface area contributed by atoms with Crippen molar-refractivity contribution >= 4 is 57.1 Å². The van der Waals surface area contributed by atoms with E-state index in [1.54, 1.807) is 8.93 Å². The number of nitrogens with zero attached hydrogens (tertiary/aromatic N) is 1. The SMILES string of the molecule is Cc1c(Br)cnc2[nH]c(SI)c(C)c12. The average Bonchev–Trinajstić information content (AvgIpc) is 2.50. The number of halogens is 2. The van der Waals surface area contributed by atoms with Crippen LogP contribution in [0.4, 0.5) is 0 Å². The number of aryl methyl sites for hydroxylation is 2. The third kappa shape index (κ3) is 1.59. The van der Waals surface area contributed by atoms with Gasteiger partial charge in [-0.05, 0) is 49.8 Å². The zero-order valence-electron chi connectivity index (χ0n) is 7.69. The van der Waals surface area contributed by atoms with Crippen LogP contribution >= 0.6 is 46.1 Å². The van der Waals surface area contributed by atoms with Gasteiger partial charge in [0.15, 0.2) is 0 Å². The van der Waals surface area contributed by atoms with E-state index in [1.165, 1.54) is 21.5 Å². The van der Waals surface area contributed by atoms with E-state index >= 15 is 0 Å². The Morgan fingerprint density at radius 2 is 2.14 bits per heavy atom. The third-order valence-corrected chi connectivity index (χ3v) is 4.98. The zero-order valence-corrected chi connectivity index (χ0v) is 12.2. The Kier molecular flexibility index (Phi) is 3.09. The summed E-state index contributed by atoms with van der Waals surface area (Å²) in [5.41, 5.74) is 3.51. The van der Waals surface area contributed by atoms with Gasteiger partial charge in [0.25, 0.3) is 0 Å². The molecule has 0 atom stereocenters. The zero-order chi connectivity index (χ0) is 10.3. The van der Waals surface area contributed by atoms with E-state index in [-0.39, 0.29) is 0 Å². The molecule has 0 saturated heterocycles.